The molecule has 17 heavy (non-hydrogen) atoms. The molecule has 0 spiro atoms. The predicted octanol–water partition coefficient (Wildman–Crippen LogP) is 0.885. The van der Waals surface area contributed by atoms with Crippen molar-refractivity contribution in [2.75, 3.05) is 19.6 Å². The second-order valence-electron chi connectivity index (χ2n) is 3.95. The molecule has 2 N–H and O–H groups in total. The van der Waals surface area contributed by atoms with Crippen LogP contribution in [0.4, 0.5) is 0 Å². The molecule has 1 heterocycles. The van der Waals surface area contributed by atoms with Crippen LogP contribution in [0.15, 0.2) is 46.9 Å². The first-order valence-corrected chi connectivity index (χ1v) is 7.10. The molecule has 92 valence electrons. The maximum atomic E-state index is 11.9. The van der Waals surface area contributed by atoms with Crippen molar-refractivity contribution in [2.24, 2.45) is 0 Å². The maximum Gasteiger partial charge on any atom is 0.240 e. The van der Waals surface area contributed by atoms with Crippen molar-refractivity contribution in [3.63, 3.8) is 0 Å². The Kier molecular flexibility index (Phi) is 3.93. The number of hydrogen-bond donors (Lipinski definition) is 2. The summed E-state index contributed by atoms with van der Waals surface area (Å²) in [5, 5.41) is 3.19. The van der Waals surface area contributed by atoms with E-state index in [0.717, 1.165) is 25.1 Å². The molecule has 0 radical (unpaired) electrons. The van der Waals surface area contributed by atoms with E-state index in [2.05, 4.69) is 10.0 Å². The summed E-state index contributed by atoms with van der Waals surface area (Å²) in [6.07, 6.45) is 2.94. The number of rotatable bonds is 4. The molecule has 0 saturated heterocycles. The molecule has 0 aromatic heterocycles. The van der Waals surface area contributed by atoms with Crippen molar-refractivity contribution in [1.29, 1.82) is 0 Å². The highest BCUT2D eigenvalue weighted by Crippen LogP contribution is 2.09. The molecule has 0 fully saturated rings. The molecule has 0 amide bonds. The second kappa shape index (κ2) is 5.44. The van der Waals surface area contributed by atoms with Crippen LogP contribution < -0.4 is 10.0 Å². The van der Waals surface area contributed by atoms with E-state index < -0.39 is 10.0 Å². The summed E-state index contributed by atoms with van der Waals surface area (Å²) in [5.41, 5.74) is 1.14. The van der Waals surface area contributed by atoms with Crippen molar-refractivity contribution in [2.45, 2.75) is 11.3 Å². The van der Waals surface area contributed by atoms with Gasteiger partial charge in [-0.2, -0.15) is 0 Å². The number of hydrogen-bond acceptors (Lipinski definition) is 3. The Bertz CT molecular complexity index is 494. The summed E-state index contributed by atoms with van der Waals surface area (Å²) in [7, 11) is -3.37. The summed E-state index contributed by atoms with van der Waals surface area (Å²) in [5.74, 6) is 0. The van der Waals surface area contributed by atoms with Crippen LogP contribution in [0.3, 0.4) is 0 Å². The van der Waals surface area contributed by atoms with Gasteiger partial charge in [-0.3, -0.25) is 0 Å². The molecular formula is C12H16N2O2S. The summed E-state index contributed by atoms with van der Waals surface area (Å²) < 4.78 is 26.5. The first-order chi connectivity index (χ1) is 8.18. The lowest BCUT2D eigenvalue weighted by molar-refractivity contribution is 0.582. The van der Waals surface area contributed by atoms with Crippen molar-refractivity contribution < 1.29 is 8.42 Å². The fourth-order valence-electron chi connectivity index (χ4n) is 1.70. The smallest absolute Gasteiger partial charge is 0.240 e. The topological polar surface area (TPSA) is 58.2 Å². The van der Waals surface area contributed by atoms with Crippen LogP contribution in [-0.2, 0) is 10.0 Å². The van der Waals surface area contributed by atoms with Crippen LogP contribution in [0.5, 0.6) is 0 Å². The molecule has 0 aliphatic carbocycles. The van der Waals surface area contributed by atoms with Gasteiger partial charge >= 0.3 is 0 Å². The van der Waals surface area contributed by atoms with Gasteiger partial charge in [0.05, 0.1) is 4.90 Å². The summed E-state index contributed by atoms with van der Waals surface area (Å²) in [6, 6.07) is 8.43. The Labute approximate surface area is 102 Å². The second-order valence-corrected chi connectivity index (χ2v) is 5.72. The Morgan fingerprint density at radius 3 is 2.65 bits per heavy atom. The predicted molar refractivity (Wildman–Crippen MR) is 67.2 cm³/mol. The molecule has 5 heteroatoms. The molecule has 4 nitrogen and oxygen atoms in total. The summed E-state index contributed by atoms with van der Waals surface area (Å²) in [6.45, 7) is 2.14. The Morgan fingerprint density at radius 1 is 1.24 bits per heavy atom. The van der Waals surface area contributed by atoms with E-state index in [4.69, 9.17) is 0 Å². The first-order valence-electron chi connectivity index (χ1n) is 5.62. The third-order valence-corrected chi connectivity index (χ3v) is 4.12. The molecule has 0 saturated carbocycles. The van der Waals surface area contributed by atoms with Crippen LogP contribution in [0, 0.1) is 0 Å². The minimum atomic E-state index is -3.37. The van der Waals surface area contributed by atoms with Gasteiger partial charge in [-0.05, 0) is 25.1 Å². The number of sulfonamides is 1. The largest absolute Gasteiger partial charge is 0.313 e. The molecule has 1 aliphatic rings. The lowest BCUT2D eigenvalue weighted by atomic mass is 10.1. The van der Waals surface area contributed by atoms with Crippen LogP contribution in [0.1, 0.15) is 6.42 Å². The standard InChI is InChI=1S/C12H16N2O2S/c15-17(16,12-4-2-1-3-5-12)14-10-11-6-8-13-9-7-11/h1-6,13-14H,7-10H2. The molecular weight excluding hydrogens is 236 g/mol. The Morgan fingerprint density at radius 2 is 2.00 bits per heavy atom. The van der Waals surface area contributed by atoms with E-state index in [1.165, 1.54) is 0 Å². The monoisotopic (exact) mass is 252 g/mol. The van der Waals surface area contributed by atoms with Gasteiger partial charge in [0, 0.05) is 13.1 Å². The van der Waals surface area contributed by atoms with E-state index in [1.807, 2.05) is 6.08 Å². The molecule has 1 aromatic carbocycles. The van der Waals surface area contributed by atoms with Gasteiger partial charge < -0.3 is 5.32 Å². The summed E-state index contributed by atoms with van der Waals surface area (Å²) >= 11 is 0. The van der Waals surface area contributed by atoms with Crippen molar-refractivity contribution in [1.82, 2.24) is 10.0 Å². The fraction of sp³-hybridized carbons (Fsp3) is 0.333. The SMILES string of the molecule is O=S(=O)(NCC1=CCNCC1)c1ccccc1. The number of benzene rings is 1. The number of nitrogens with one attached hydrogen (secondary N) is 2. The van der Waals surface area contributed by atoms with Gasteiger partial charge in [-0.25, -0.2) is 13.1 Å². The zero-order chi connectivity index (χ0) is 12.1. The van der Waals surface area contributed by atoms with Gasteiger partial charge in [-0.15, -0.1) is 0 Å². The van der Waals surface area contributed by atoms with E-state index >= 15 is 0 Å². The molecule has 1 aliphatic heterocycles. The third-order valence-electron chi connectivity index (χ3n) is 2.70. The van der Waals surface area contributed by atoms with E-state index in [9.17, 15) is 8.42 Å². The average molecular weight is 252 g/mol. The lowest BCUT2D eigenvalue weighted by Gasteiger charge is -2.14. The normalized spacial score (nSPS) is 16.6. The highest BCUT2D eigenvalue weighted by molar-refractivity contribution is 7.89. The molecule has 0 atom stereocenters. The molecule has 1 aromatic rings. The minimum Gasteiger partial charge on any atom is -0.313 e. The van der Waals surface area contributed by atoms with Crippen LogP contribution in [0.2, 0.25) is 0 Å². The van der Waals surface area contributed by atoms with E-state index in [0.29, 0.717) is 11.4 Å². The minimum absolute atomic E-state index is 0.314. The van der Waals surface area contributed by atoms with E-state index in [-0.39, 0.29) is 0 Å². The van der Waals surface area contributed by atoms with Gasteiger partial charge in [0.15, 0.2) is 0 Å². The summed E-state index contributed by atoms with van der Waals surface area (Å²) in [4.78, 5) is 0.314. The third kappa shape index (κ3) is 3.39. The van der Waals surface area contributed by atoms with E-state index in [1.54, 1.807) is 30.3 Å². The maximum absolute atomic E-state index is 11.9. The quantitative estimate of drug-likeness (QED) is 0.782. The zero-order valence-electron chi connectivity index (χ0n) is 9.52. The van der Waals surface area contributed by atoms with Gasteiger partial charge in [0.25, 0.3) is 0 Å². The van der Waals surface area contributed by atoms with Crippen molar-refractivity contribution >= 4 is 10.0 Å². The van der Waals surface area contributed by atoms with Gasteiger partial charge in [0.2, 0.25) is 10.0 Å². The van der Waals surface area contributed by atoms with Crippen LogP contribution in [-0.4, -0.2) is 28.1 Å². The van der Waals surface area contributed by atoms with Crippen molar-refractivity contribution in [3.05, 3.63) is 42.0 Å². The molecule has 2 rings (SSSR count). The fourth-order valence-corrected chi connectivity index (χ4v) is 2.76. The lowest BCUT2D eigenvalue weighted by Crippen LogP contribution is -2.29. The van der Waals surface area contributed by atoms with Gasteiger partial charge in [-0.1, -0.05) is 29.8 Å². The molecule has 0 bridgehead atoms. The Balaban J connectivity index is 2.01. The van der Waals surface area contributed by atoms with Crippen molar-refractivity contribution in [3.8, 4) is 0 Å². The van der Waals surface area contributed by atoms with Gasteiger partial charge in [0.1, 0.15) is 0 Å². The average Bonchev–Trinajstić information content (AvgIpc) is 2.39. The highest BCUT2D eigenvalue weighted by Gasteiger charge is 2.13. The zero-order valence-corrected chi connectivity index (χ0v) is 10.3. The van der Waals surface area contributed by atoms with Crippen LogP contribution >= 0.6 is 0 Å². The van der Waals surface area contributed by atoms with Crippen LogP contribution in [0.25, 0.3) is 0 Å². The first kappa shape index (κ1) is 12.3. The molecule has 0 unspecified atom stereocenters. The highest BCUT2D eigenvalue weighted by atomic mass is 32.2. The Hall–Kier alpha value is -1.17.